The Hall–Kier alpha value is -4.08. The van der Waals surface area contributed by atoms with Crippen LogP contribution in [-0.4, -0.2) is 59.3 Å². The molecule has 10 heteroatoms. The molecule has 1 aliphatic rings. The van der Waals surface area contributed by atoms with Gasteiger partial charge in [0.1, 0.15) is 11.5 Å². The Bertz CT molecular complexity index is 927. The van der Waals surface area contributed by atoms with Gasteiger partial charge < -0.3 is 30.3 Å². The number of hydrogen-bond donors (Lipinski definition) is 4. The average Bonchev–Trinajstić information content (AvgIpc) is 3.47. The third-order valence-electron chi connectivity index (χ3n) is 4.39. The molecule has 0 spiro atoms. The number of hydrogen-bond acceptors (Lipinski definition) is 6. The lowest BCUT2D eigenvalue weighted by atomic mass is 10.2. The van der Waals surface area contributed by atoms with Crippen LogP contribution in [0.3, 0.4) is 0 Å². The molecule has 0 aromatic heterocycles. The summed E-state index contributed by atoms with van der Waals surface area (Å²) < 4.78 is 10.6. The highest BCUT2D eigenvalue weighted by Gasteiger charge is 2.39. The van der Waals surface area contributed by atoms with E-state index in [1.165, 1.54) is 36.4 Å². The molecule has 2 atom stereocenters. The summed E-state index contributed by atoms with van der Waals surface area (Å²) in [6.45, 7) is -0.577. The number of carboxylic acid groups (broad SMARTS) is 2. The van der Waals surface area contributed by atoms with Gasteiger partial charge in [-0.15, -0.1) is 0 Å². The summed E-state index contributed by atoms with van der Waals surface area (Å²) in [6.07, 6.45) is 0.556. The van der Waals surface area contributed by atoms with Crippen molar-refractivity contribution in [1.82, 2.24) is 10.6 Å². The molecule has 0 heterocycles. The Kier molecular flexibility index (Phi) is 6.71. The maximum atomic E-state index is 12.0. The Labute approximate surface area is 176 Å². The van der Waals surface area contributed by atoms with Gasteiger partial charge in [0.05, 0.1) is 23.2 Å². The molecule has 1 fully saturated rings. The molecule has 2 amide bonds. The van der Waals surface area contributed by atoms with Crippen LogP contribution in [0, 0.1) is 0 Å². The smallest absolute Gasteiger partial charge is 0.335 e. The van der Waals surface area contributed by atoms with E-state index in [-0.39, 0.29) is 47.9 Å². The Morgan fingerprint density at radius 3 is 1.58 bits per heavy atom. The minimum Gasteiger partial charge on any atom is -0.484 e. The van der Waals surface area contributed by atoms with Crippen LogP contribution in [0.1, 0.15) is 27.1 Å². The molecule has 10 nitrogen and oxygen atoms in total. The van der Waals surface area contributed by atoms with Crippen molar-refractivity contribution in [2.75, 3.05) is 13.2 Å². The zero-order chi connectivity index (χ0) is 22.4. The van der Waals surface area contributed by atoms with Crippen molar-refractivity contribution < 1.29 is 38.9 Å². The minimum atomic E-state index is -1.09. The van der Waals surface area contributed by atoms with Crippen molar-refractivity contribution in [1.29, 1.82) is 0 Å². The molecule has 2 unspecified atom stereocenters. The quantitative estimate of drug-likeness (QED) is 0.436. The fourth-order valence-electron chi connectivity index (χ4n) is 2.75. The van der Waals surface area contributed by atoms with Crippen LogP contribution in [0.25, 0.3) is 0 Å². The van der Waals surface area contributed by atoms with Gasteiger partial charge in [0.2, 0.25) is 0 Å². The second kappa shape index (κ2) is 9.61. The van der Waals surface area contributed by atoms with Crippen molar-refractivity contribution in [2.24, 2.45) is 0 Å². The lowest BCUT2D eigenvalue weighted by Gasteiger charge is -2.09. The third kappa shape index (κ3) is 6.46. The summed E-state index contributed by atoms with van der Waals surface area (Å²) in [7, 11) is 0. The Morgan fingerprint density at radius 1 is 0.774 bits per heavy atom. The first kappa shape index (κ1) is 21.6. The van der Waals surface area contributed by atoms with Crippen LogP contribution in [0.2, 0.25) is 0 Å². The molecule has 2 aromatic carbocycles. The molecule has 2 aromatic rings. The summed E-state index contributed by atoms with van der Waals surface area (Å²) in [6, 6.07) is 11.1. The second-order valence-corrected chi connectivity index (χ2v) is 6.83. The van der Waals surface area contributed by atoms with E-state index in [0.717, 1.165) is 0 Å². The summed E-state index contributed by atoms with van der Waals surface area (Å²) in [5.74, 6) is -2.46. The molecule has 0 bridgehead atoms. The van der Waals surface area contributed by atoms with Gasteiger partial charge in [-0.1, -0.05) is 12.1 Å². The number of carbonyl (C=O) groups is 4. The molecule has 162 valence electrons. The lowest BCUT2D eigenvalue weighted by molar-refractivity contribution is -0.124. The first-order valence-corrected chi connectivity index (χ1v) is 9.33. The van der Waals surface area contributed by atoms with Crippen LogP contribution < -0.4 is 20.1 Å². The topological polar surface area (TPSA) is 151 Å². The van der Waals surface area contributed by atoms with E-state index in [2.05, 4.69) is 10.6 Å². The molecular weight excluding hydrogens is 408 g/mol. The SMILES string of the molecule is O=C(COc1cccc(C(=O)O)c1)NC1CC1NC(=O)COc1cccc(C(=O)O)c1. The Morgan fingerprint density at radius 2 is 1.19 bits per heavy atom. The largest absolute Gasteiger partial charge is 0.484 e. The van der Waals surface area contributed by atoms with Gasteiger partial charge in [0.15, 0.2) is 13.2 Å². The van der Waals surface area contributed by atoms with Gasteiger partial charge in [-0.25, -0.2) is 9.59 Å². The van der Waals surface area contributed by atoms with E-state index in [0.29, 0.717) is 6.42 Å². The van der Waals surface area contributed by atoms with Gasteiger partial charge in [0, 0.05) is 0 Å². The molecule has 1 aliphatic carbocycles. The van der Waals surface area contributed by atoms with Crippen LogP contribution in [-0.2, 0) is 9.59 Å². The lowest BCUT2D eigenvalue weighted by Crippen LogP contribution is -2.38. The summed E-state index contributed by atoms with van der Waals surface area (Å²) in [4.78, 5) is 45.8. The van der Waals surface area contributed by atoms with Gasteiger partial charge in [0.25, 0.3) is 11.8 Å². The molecule has 31 heavy (non-hydrogen) atoms. The molecule has 0 aliphatic heterocycles. The number of nitrogens with one attached hydrogen (secondary N) is 2. The normalized spacial score (nSPS) is 16.6. The number of carboxylic acids is 2. The zero-order valence-electron chi connectivity index (χ0n) is 16.2. The number of amides is 2. The fourth-order valence-corrected chi connectivity index (χ4v) is 2.75. The maximum absolute atomic E-state index is 12.0. The van der Waals surface area contributed by atoms with E-state index in [1.54, 1.807) is 12.1 Å². The number of rotatable bonds is 10. The van der Waals surface area contributed by atoms with Crippen LogP contribution >= 0.6 is 0 Å². The molecular formula is C21H20N2O8. The van der Waals surface area contributed by atoms with E-state index in [1.807, 2.05) is 0 Å². The van der Waals surface area contributed by atoms with Crippen LogP contribution in [0.4, 0.5) is 0 Å². The standard InChI is InChI=1S/C21H20N2O8/c24-18(10-30-14-5-1-3-12(7-14)20(26)27)22-16-9-17(16)23-19(25)11-31-15-6-2-4-13(8-15)21(28)29/h1-8,16-17H,9-11H2,(H,22,24)(H,23,25)(H,26,27)(H,28,29). The summed E-state index contributed by atoms with van der Waals surface area (Å²) in [5, 5.41) is 23.3. The Balaban J connectivity index is 1.36. The minimum absolute atomic E-state index is 0.0554. The van der Waals surface area contributed by atoms with E-state index < -0.39 is 23.8 Å². The van der Waals surface area contributed by atoms with Crippen LogP contribution in [0.15, 0.2) is 48.5 Å². The highest BCUT2D eigenvalue weighted by atomic mass is 16.5. The van der Waals surface area contributed by atoms with Crippen molar-refractivity contribution in [3.63, 3.8) is 0 Å². The van der Waals surface area contributed by atoms with Crippen LogP contribution in [0.5, 0.6) is 11.5 Å². The summed E-state index contributed by atoms with van der Waals surface area (Å²) in [5.41, 5.74) is 0.111. The van der Waals surface area contributed by atoms with Gasteiger partial charge >= 0.3 is 11.9 Å². The highest BCUT2D eigenvalue weighted by Crippen LogP contribution is 2.21. The first-order chi connectivity index (χ1) is 14.8. The predicted octanol–water partition coefficient (Wildman–Crippen LogP) is 0.914. The molecule has 4 N–H and O–H groups in total. The molecule has 0 radical (unpaired) electrons. The van der Waals surface area contributed by atoms with Crippen molar-refractivity contribution in [3.8, 4) is 11.5 Å². The molecule has 0 saturated heterocycles. The zero-order valence-corrected chi connectivity index (χ0v) is 16.2. The first-order valence-electron chi connectivity index (χ1n) is 9.33. The number of carbonyl (C=O) groups excluding carboxylic acids is 2. The average molecular weight is 428 g/mol. The van der Waals surface area contributed by atoms with Gasteiger partial charge in [-0.3, -0.25) is 9.59 Å². The van der Waals surface area contributed by atoms with E-state index >= 15 is 0 Å². The predicted molar refractivity (Wildman–Crippen MR) is 106 cm³/mol. The fraction of sp³-hybridized carbons (Fsp3) is 0.238. The van der Waals surface area contributed by atoms with Crippen molar-refractivity contribution in [2.45, 2.75) is 18.5 Å². The number of ether oxygens (including phenoxy) is 2. The van der Waals surface area contributed by atoms with E-state index in [9.17, 15) is 19.2 Å². The van der Waals surface area contributed by atoms with Crippen molar-refractivity contribution in [3.05, 3.63) is 59.7 Å². The van der Waals surface area contributed by atoms with Gasteiger partial charge in [-0.05, 0) is 42.8 Å². The molecule has 3 rings (SSSR count). The maximum Gasteiger partial charge on any atom is 0.335 e. The molecule has 1 saturated carbocycles. The van der Waals surface area contributed by atoms with Gasteiger partial charge in [-0.2, -0.15) is 0 Å². The van der Waals surface area contributed by atoms with E-state index in [4.69, 9.17) is 19.7 Å². The number of benzene rings is 2. The summed E-state index contributed by atoms with van der Waals surface area (Å²) >= 11 is 0. The highest BCUT2D eigenvalue weighted by molar-refractivity contribution is 5.88. The monoisotopic (exact) mass is 428 g/mol. The second-order valence-electron chi connectivity index (χ2n) is 6.83. The number of aromatic carboxylic acids is 2. The van der Waals surface area contributed by atoms with Crippen molar-refractivity contribution >= 4 is 23.8 Å². The third-order valence-corrected chi connectivity index (χ3v) is 4.39.